The van der Waals surface area contributed by atoms with Crippen LogP contribution in [0, 0.1) is 21.4 Å². The van der Waals surface area contributed by atoms with Crippen LogP contribution in [0.25, 0.3) is 0 Å². The van der Waals surface area contributed by atoms with Gasteiger partial charge >= 0.3 is 11.7 Å². The van der Waals surface area contributed by atoms with Crippen molar-refractivity contribution in [2.75, 3.05) is 13.7 Å². The molecule has 1 aromatic rings. The van der Waals surface area contributed by atoms with Crippen LogP contribution in [-0.2, 0) is 4.74 Å². The minimum Gasteiger partial charge on any atom is -0.489 e. The van der Waals surface area contributed by atoms with Crippen LogP contribution in [0.1, 0.15) is 22.8 Å². The highest BCUT2D eigenvalue weighted by Gasteiger charge is 2.25. The first kappa shape index (κ1) is 13.4. The van der Waals surface area contributed by atoms with Crippen LogP contribution < -0.4 is 4.74 Å². The number of nitro benzene ring substituents is 1. The molecule has 0 radical (unpaired) electrons. The van der Waals surface area contributed by atoms with E-state index in [4.69, 9.17) is 14.7 Å². The Labute approximate surface area is 103 Å². The Hall–Kier alpha value is -2.62. The topological polar surface area (TPSA) is 102 Å². The van der Waals surface area contributed by atoms with Gasteiger partial charge in [-0.1, -0.05) is 0 Å². The van der Waals surface area contributed by atoms with E-state index in [1.807, 2.05) is 0 Å². The Morgan fingerprint density at radius 1 is 1.56 bits per heavy atom. The summed E-state index contributed by atoms with van der Waals surface area (Å²) in [7, 11) is 1.19. The minimum atomic E-state index is -0.720. The van der Waals surface area contributed by atoms with E-state index in [0.717, 1.165) is 6.07 Å². The van der Waals surface area contributed by atoms with Gasteiger partial charge in [0.15, 0.2) is 0 Å². The Kier molecular flexibility index (Phi) is 4.21. The molecule has 0 unspecified atom stereocenters. The molecule has 0 N–H and O–H groups in total. The van der Waals surface area contributed by atoms with E-state index in [-0.39, 0.29) is 29.2 Å². The van der Waals surface area contributed by atoms with Crippen molar-refractivity contribution in [1.82, 2.24) is 0 Å². The average Bonchev–Trinajstić information content (AvgIpc) is 2.36. The number of nitrogens with zero attached hydrogens (tertiary/aromatic N) is 2. The Morgan fingerprint density at radius 2 is 2.22 bits per heavy atom. The number of ether oxygens (including phenoxy) is 2. The number of carbonyl (C=O) groups is 1. The number of nitro groups is 1. The van der Waals surface area contributed by atoms with Crippen molar-refractivity contribution in [3.8, 4) is 11.8 Å². The highest BCUT2D eigenvalue weighted by Crippen LogP contribution is 2.32. The molecule has 0 amide bonds. The third kappa shape index (κ3) is 2.38. The molecule has 0 aliphatic rings. The summed E-state index contributed by atoms with van der Waals surface area (Å²) in [4.78, 5) is 21.6. The maximum Gasteiger partial charge on any atom is 0.339 e. The molecule has 0 atom stereocenters. The number of hydrogen-bond donors (Lipinski definition) is 0. The summed E-state index contributed by atoms with van der Waals surface area (Å²) in [5, 5.41) is 19.7. The van der Waals surface area contributed by atoms with Crippen molar-refractivity contribution in [3.63, 3.8) is 0 Å². The molecule has 0 spiro atoms. The Bertz CT molecular complexity index is 533. The number of carbonyl (C=O) groups excluding carboxylic acids is 1. The first-order chi connectivity index (χ1) is 8.56. The van der Waals surface area contributed by atoms with Gasteiger partial charge in [-0.3, -0.25) is 10.1 Å². The smallest absolute Gasteiger partial charge is 0.339 e. The molecule has 7 nitrogen and oxygen atoms in total. The standard InChI is InChI=1S/C11H10N2O5/c1-3-18-11(14)7-4-5-9(13(15)16)10(17-2)8(7)6-12/h4-5H,3H2,1-2H3. The second kappa shape index (κ2) is 5.63. The summed E-state index contributed by atoms with van der Waals surface area (Å²) < 4.78 is 9.58. The van der Waals surface area contributed by atoms with Crippen LogP contribution in [0.4, 0.5) is 5.69 Å². The van der Waals surface area contributed by atoms with Crippen molar-refractivity contribution in [3.05, 3.63) is 33.4 Å². The van der Waals surface area contributed by atoms with Gasteiger partial charge in [0.1, 0.15) is 11.6 Å². The Morgan fingerprint density at radius 3 is 2.67 bits per heavy atom. The van der Waals surface area contributed by atoms with Crippen LogP contribution in [0.2, 0.25) is 0 Å². The molecule has 1 rings (SSSR count). The van der Waals surface area contributed by atoms with Crippen molar-refractivity contribution in [2.45, 2.75) is 6.92 Å². The molecule has 0 heterocycles. The average molecular weight is 250 g/mol. The maximum atomic E-state index is 11.6. The molecule has 0 bridgehead atoms. The van der Waals surface area contributed by atoms with Crippen LogP contribution >= 0.6 is 0 Å². The first-order valence-electron chi connectivity index (χ1n) is 4.99. The van der Waals surface area contributed by atoms with E-state index in [1.54, 1.807) is 13.0 Å². The van der Waals surface area contributed by atoms with Gasteiger partial charge in [0.05, 0.1) is 24.2 Å². The molecule has 0 saturated carbocycles. The lowest BCUT2D eigenvalue weighted by molar-refractivity contribution is -0.385. The zero-order chi connectivity index (χ0) is 13.7. The third-order valence-electron chi connectivity index (χ3n) is 2.14. The Balaban J connectivity index is 3.45. The van der Waals surface area contributed by atoms with Gasteiger partial charge in [0, 0.05) is 6.07 Å². The second-order valence-corrected chi connectivity index (χ2v) is 3.13. The number of methoxy groups -OCH3 is 1. The molecule has 0 aromatic heterocycles. The van der Waals surface area contributed by atoms with E-state index in [1.165, 1.54) is 13.2 Å². The molecule has 0 aliphatic carbocycles. The summed E-state index contributed by atoms with van der Waals surface area (Å²) in [5.74, 6) is -0.963. The van der Waals surface area contributed by atoms with Gasteiger partial charge in [-0.15, -0.1) is 0 Å². The predicted molar refractivity (Wildman–Crippen MR) is 60.3 cm³/mol. The van der Waals surface area contributed by atoms with E-state index in [9.17, 15) is 14.9 Å². The molecule has 1 aromatic carbocycles. The molecule has 0 fully saturated rings. The van der Waals surface area contributed by atoms with Crippen LogP contribution in [0.15, 0.2) is 12.1 Å². The summed E-state index contributed by atoms with van der Waals surface area (Å²) >= 11 is 0. The zero-order valence-electron chi connectivity index (χ0n) is 9.80. The summed E-state index contributed by atoms with van der Waals surface area (Å²) in [6, 6.07) is 4.00. The SMILES string of the molecule is CCOC(=O)c1ccc([N+](=O)[O-])c(OC)c1C#N. The quantitative estimate of drug-likeness (QED) is 0.457. The lowest BCUT2D eigenvalue weighted by Crippen LogP contribution is -2.09. The summed E-state index contributed by atoms with van der Waals surface area (Å²) in [5.41, 5.74) is -0.631. The van der Waals surface area contributed by atoms with Gasteiger partial charge in [-0.2, -0.15) is 5.26 Å². The zero-order valence-corrected chi connectivity index (χ0v) is 9.80. The van der Waals surface area contributed by atoms with Gasteiger partial charge in [-0.25, -0.2) is 4.79 Å². The van der Waals surface area contributed by atoms with E-state index in [2.05, 4.69) is 0 Å². The number of hydrogen-bond acceptors (Lipinski definition) is 6. The minimum absolute atomic E-state index is 0.0539. The van der Waals surface area contributed by atoms with Gasteiger partial charge in [0.2, 0.25) is 5.75 Å². The summed E-state index contributed by atoms with van der Waals surface area (Å²) in [6.07, 6.45) is 0. The molecular weight excluding hydrogens is 240 g/mol. The second-order valence-electron chi connectivity index (χ2n) is 3.13. The highest BCUT2D eigenvalue weighted by molar-refractivity contribution is 5.94. The van der Waals surface area contributed by atoms with Crippen LogP contribution in [-0.4, -0.2) is 24.6 Å². The lowest BCUT2D eigenvalue weighted by atomic mass is 10.1. The fraction of sp³-hybridized carbons (Fsp3) is 0.273. The fourth-order valence-corrected chi connectivity index (χ4v) is 1.41. The van der Waals surface area contributed by atoms with Gasteiger partial charge in [-0.05, 0) is 13.0 Å². The number of esters is 1. The normalized spacial score (nSPS) is 9.39. The van der Waals surface area contributed by atoms with Gasteiger partial charge < -0.3 is 9.47 Å². The largest absolute Gasteiger partial charge is 0.489 e. The highest BCUT2D eigenvalue weighted by atomic mass is 16.6. The molecule has 94 valence electrons. The van der Waals surface area contributed by atoms with Crippen molar-refractivity contribution >= 4 is 11.7 Å². The lowest BCUT2D eigenvalue weighted by Gasteiger charge is -2.08. The van der Waals surface area contributed by atoms with Crippen molar-refractivity contribution in [1.29, 1.82) is 5.26 Å². The number of benzene rings is 1. The summed E-state index contributed by atoms with van der Waals surface area (Å²) in [6.45, 7) is 1.76. The number of nitriles is 1. The maximum absolute atomic E-state index is 11.6. The van der Waals surface area contributed by atoms with Gasteiger partial charge in [0.25, 0.3) is 0 Å². The third-order valence-corrected chi connectivity index (χ3v) is 2.14. The molecule has 0 saturated heterocycles. The first-order valence-corrected chi connectivity index (χ1v) is 4.99. The monoisotopic (exact) mass is 250 g/mol. The molecular formula is C11H10N2O5. The van der Waals surface area contributed by atoms with Crippen molar-refractivity contribution in [2.24, 2.45) is 0 Å². The molecule has 0 aliphatic heterocycles. The number of rotatable bonds is 4. The van der Waals surface area contributed by atoms with E-state index in [0.29, 0.717) is 0 Å². The van der Waals surface area contributed by atoms with E-state index >= 15 is 0 Å². The predicted octanol–water partition coefficient (Wildman–Crippen LogP) is 1.65. The fourth-order valence-electron chi connectivity index (χ4n) is 1.41. The molecule has 7 heteroatoms. The van der Waals surface area contributed by atoms with Crippen LogP contribution in [0.5, 0.6) is 5.75 Å². The van der Waals surface area contributed by atoms with Crippen molar-refractivity contribution < 1.29 is 19.2 Å². The van der Waals surface area contributed by atoms with E-state index < -0.39 is 10.9 Å². The molecule has 18 heavy (non-hydrogen) atoms. The van der Waals surface area contributed by atoms with Crippen LogP contribution in [0.3, 0.4) is 0 Å².